The molecule has 5 heterocycles. The zero-order valence-electron chi connectivity index (χ0n) is 16.2. The number of nitrogens with zero attached hydrogens (tertiary/aromatic N) is 2. The van der Waals surface area contributed by atoms with Gasteiger partial charge in [-0.1, -0.05) is 18.2 Å². The van der Waals surface area contributed by atoms with Gasteiger partial charge in [0.15, 0.2) is 0 Å². The molecule has 1 N–H and O–H groups in total. The largest absolute Gasteiger partial charge is 0.496 e. The average Bonchev–Trinajstić information content (AvgIpc) is 3.42. The normalized spacial score (nSPS) is 30.9. The van der Waals surface area contributed by atoms with E-state index in [1.807, 2.05) is 24.3 Å². The molecule has 1 aromatic heterocycles. The summed E-state index contributed by atoms with van der Waals surface area (Å²) in [5.41, 5.74) is 1.22. The molecule has 0 spiro atoms. The van der Waals surface area contributed by atoms with Gasteiger partial charge >= 0.3 is 6.03 Å². The number of likely N-dealkylation sites (tertiary alicyclic amines) is 1. The van der Waals surface area contributed by atoms with Gasteiger partial charge in [0.25, 0.3) is 0 Å². The van der Waals surface area contributed by atoms with E-state index < -0.39 is 0 Å². The molecule has 3 atom stereocenters. The second-order valence-corrected chi connectivity index (χ2v) is 8.09. The number of methoxy groups -OCH3 is 1. The Bertz CT molecular complexity index is 829. The molecule has 6 heteroatoms. The number of fused-ring (bicyclic) bond motifs is 2. The first kappa shape index (κ1) is 17.6. The first-order chi connectivity index (χ1) is 13.8. The molecule has 4 saturated heterocycles. The standard InChI is InChI=1S/C22H27N3O3/c1-27-19-7-3-2-6-17(19)18-14-25(22(26)23-13-16-5-4-12-28-16)20-15-8-10-24(11-9-15)21(18)20/h2-7,12,15,18,20-21H,8-11,13-14H2,1H3,(H,23,26)/t18-,20+,21+/m0/s1. The molecule has 148 valence electrons. The highest BCUT2D eigenvalue weighted by atomic mass is 16.5. The highest BCUT2D eigenvalue weighted by Gasteiger charge is 2.55. The van der Waals surface area contributed by atoms with Gasteiger partial charge in [-0.3, -0.25) is 4.90 Å². The van der Waals surface area contributed by atoms with Gasteiger partial charge in [0.1, 0.15) is 11.5 Å². The van der Waals surface area contributed by atoms with Gasteiger partial charge in [0, 0.05) is 24.1 Å². The molecule has 4 aliphatic rings. The van der Waals surface area contributed by atoms with Crippen LogP contribution in [0.1, 0.15) is 30.1 Å². The zero-order chi connectivity index (χ0) is 19.1. The topological polar surface area (TPSA) is 58.0 Å². The number of carbonyl (C=O) groups excluding carboxylic acids is 1. The number of piperidine rings is 3. The van der Waals surface area contributed by atoms with Crippen LogP contribution in [0.2, 0.25) is 0 Å². The fourth-order valence-corrected chi connectivity index (χ4v) is 5.58. The summed E-state index contributed by atoms with van der Waals surface area (Å²) >= 11 is 0. The van der Waals surface area contributed by atoms with E-state index in [1.54, 1.807) is 13.4 Å². The van der Waals surface area contributed by atoms with E-state index in [0.29, 0.717) is 18.5 Å². The van der Waals surface area contributed by atoms with Crippen molar-refractivity contribution in [3.63, 3.8) is 0 Å². The van der Waals surface area contributed by atoms with Crippen molar-refractivity contribution in [2.24, 2.45) is 5.92 Å². The van der Waals surface area contributed by atoms with E-state index >= 15 is 0 Å². The number of para-hydroxylation sites is 1. The van der Waals surface area contributed by atoms with Crippen LogP contribution in [-0.4, -0.2) is 54.7 Å². The van der Waals surface area contributed by atoms with E-state index in [-0.39, 0.29) is 18.0 Å². The van der Waals surface area contributed by atoms with Crippen molar-refractivity contribution in [2.45, 2.75) is 37.4 Å². The summed E-state index contributed by atoms with van der Waals surface area (Å²) in [5, 5.41) is 3.06. The minimum Gasteiger partial charge on any atom is -0.496 e. The van der Waals surface area contributed by atoms with Gasteiger partial charge in [0.05, 0.1) is 26.0 Å². The van der Waals surface area contributed by atoms with Gasteiger partial charge in [-0.25, -0.2) is 4.79 Å². The van der Waals surface area contributed by atoms with E-state index in [1.165, 1.54) is 18.4 Å². The van der Waals surface area contributed by atoms with Crippen LogP contribution in [0.4, 0.5) is 4.79 Å². The number of urea groups is 1. The predicted molar refractivity (Wildman–Crippen MR) is 105 cm³/mol. The maximum atomic E-state index is 13.1. The fraction of sp³-hybridized carbons (Fsp3) is 0.500. The van der Waals surface area contributed by atoms with Crippen LogP contribution in [-0.2, 0) is 6.54 Å². The lowest BCUT2D eigenvalue weighted by Crippen LogP contribution is -2.61. The summed E-state index contributed by atoms with van der Waals surface area (Å²) in [6.07, 6.45) is 4.00. The van der Waals surface area contributed by atoms with Crippen LogP contribution in [0.3, 0.4) is 0 Å². The Hall–Kier alpha value is -2.47. The van der Waals surface area contributed by atoms with Gasteiger partial charge in [-0.05, 0) is 50.0 Å². The Morgan fingerprint density at radius 2 is 2.00 bits per heavy atom. The lowest BCUT2D eigenvalue weighted by molar-refractivity contribution is 0.00334. The molecule has 0 aliphatic carbocycles. The summed E-state index contributed by atoms with van der Waals surface area (Å²) < 4.78 is 11.0. The van der Waals surface area contributed by atoms with E-state index in [0.717, 1.165) is 31.1 Å². The molecule has 4 fully saturated rings. The lowest BCUT2D eigenvalue weighted by Gasteiger charge is -2.51. The van der Waals surface area contributed by atoms with Gasteiger partial charge in [-0.2, -0.15) is 0 Å². The summed E-state index contributed by atoms with van der Waals surface area (Å²) in [6.45, 7) is 3.43. The number of nitrogens with one attached hydrogen (secondary N) is 1. The quantitative estimate of drug-likeness (QED) is 0.884. The Balaban J connectivity index is 1.43. The van der Waals surface area contributed by atoms with Crippen molar-refractivity contribution in [1.82, 2.24) is 15.1 Å². The first-order valence-corrected chi connectivity index (χ1v) is 10.2. The molecule has 2 amide bonds. The third-order valence-corrected chi connectivity index (χ3v) is 6.79. The molecule has 28 heavy (non-hydrogen) atoms. The average molecular weight is 381 g/mol. The predicted octanol–water partition coefficient (Wildman–Crippen LogP) is 3.06. The van der Waals surface area contributed by atoms with Crippen molar-refractivity contribution in [3.8, 4) is 5.75 Å². The minimum absolute atomic E-state index is 0.0116. The molecule has 0 unspecified atom stereocenters. The lowest BCUT2D eigenvalue weighted by atomic mass is 9.75. The first-order valence-electron chi connectivity index (χ1n) is 10.2. The number of furan rings is 1. The highest BCUT2D eigenvalue weighted by Crippen LogP contribution is 2.48. The highest BCUT2D eigenvalue weighted by molar-refractivity contribution is 5.75. The molecular weight excluding hydrogens is 354 g/mol. The van der Waals surface area contributed by atoms with Gasteiger partial charge < -0.3 is 19.4 Å². The molecule has 1 aromatic carbocycles. The van der Waals surface area contributed by atoms with Crippen LogP contribution in [0.25, 0.3) is 0 Å². The van der Waals surface area contributed by atoms with E-state index in [9.17, 15) is 4.79 Å². The molecule has 4 aliphatic heterocycles. The maximum Gasteiger partial charge on any atom is 0.318 e. The molecule has 6 rings (SSSR count). The van der Waals surface area contributed by atoms with Crippen LogP contribution in [0.5, 0.6) is 5.75 Å². The van der Waals surface area contributed by atoms with Crippen molar-refractivity contribution in [3.05, 3.63) is 54.0 Å². The summed E-state index contributed by atoms with van der Waals surface area (Å²) in [4.78, 5) is 17.8. The smallest absolute Gasteiger partial charge is 0.318 e. The molecule has 0 radical (unpaired) electrons. The number of benzene rings is 1. The third kappa shape index (κ3) is 2.87. The molecule has 2 bridgehead atoms. The monoisotopic (exact) mass is 381 g/mol. The third-order valence-electron chi connectivity index (χ3n) is 6.79. The minimum atomic E-state index is 0.0116. The number of ether oxygens (including phenoxy) is 1. The molecule has 0 saturated carbocycles. The van der Waals surface area contributed by atoms with Crippen LogP contribution >= 0.6 is 0 Å². The second kappa shape index (κ2) is 7.17. The zero-order valence-corrected chi connectivity index (χ0v) is 16.2. The van der Waals surface area contributed by atoms with Crippen LogP contribution < -0.4 is 10.1 Å². The van der Waals surface area contributed by atoms with Crippen LogP contribution in [0.15, 0.2) is 47.1 Å². The molecule has 2 aromatic rings. The molecule has 6 nitrogen and oxygen atoms in total. The summed E-state index contributed by atoms with van der Waals surface area (Å²) in [6, 6.07) is 12.7. The number of carbonyl (C=O) groups is 1. The maximum absolute atomic E-state index is 13.1. The van der Waals surface area contributed by atoms with Crippen LogP contribution in [0, 0.1) is 5.92 Å². The number of rotatable bonds is 4. The Morgan fingerprint density at radius 1 is 1.18 bits per heavy atom. The Labute approximate surface area is 165 Å². The Morgan fingerprint density at radius 3 is 2.75 bits per heavy atom. The SMILES string of the molecule is COc1ccccc1[C@@H]1CN(C(=O)NCc2ccco2)[C@@H]2C3CCN(CC3)[C@@H]21. The number of hydrogen-bond acceptors (Lipinski definition) is 4. The van der Waals surface area contributed by atoms with Gasteiger partial charge in [-0.15, -0.1) is 0 Å². The summed E-state index contributed by atoms with van der Waals surface area (Å²) in [7, 11) is 1.73. The van der Waals surface area contributed by atoms with Crippen molar-refractivity contribution in [2.75, 3.05) is 26.7 Å². The second-order valence-electron chi connectivity index (χ2n) is 8.09. The van der Waals surface area contributed by atoms with E-state index in [4.69, 9.17) is 9.15 Å². The molecular formula is C22H27N3O3. The van der Waals surface area contributed by atoms with Crippen molar-refractivity contribution < 1.29 is 13.9 Å². The van der Waals surface area contributed by atoms with Crippen molar-refractivity contribution in [1.29, 1.82) is 0 Å². The number of amides is 2. The number of hydrogen-bond donors (Lipinski definition) is 1. The van der Waals surface area contributed by atoms with Gasteiger partial charge in [0.2, 0.25) is 0 Å². The Kier molecular flexibility index (Phi) is 4.51. The fourth-order valence-electron chi connectivity index (χ4n) is 5.58. The van der Waals surface area contributed by atoms with Crippen molar-refractivity contribution >= 4 is 6.03 Å². The van der Waals surface area contributed by atoms with E-state index in [2.05, 4.69) is 27.2 Å². The summed E-state index contributed by atoms with van der Waals surface area (Å²) in [5.74, 6) is 2.56.